The van der Waals surface area contributed by atoms with Crippen LogP contribution in [0.1, 0.15) is 29.7 Å². The fourth-order valence-corrected chi connectivity index (χ4v) is 4.28. The van der Waals surface area contributed by atoms with Gasteiger partial charge in [0.2, 0.25) is 11.8 Å². The molecule has 1 aromatic carbocycles. The highest BCUT2D eigenvalue weighted by Crippen LogP contribution is 2.34. The van der Waals surface area contributed by atoms with E-state index in [1.54, 1.807) is 32.2 Å². The molecule has 1 atom stereocenters. The van der Waals surface area contributed by atoms with E-state index >= 15 is 0 Å². The average Bonchev–Trinajstić information content (AvgIpc) is 3.41. The first-order valence-corrected chi connectivity index (χ1v) is 11.3. The number of H-pyrrole nitrogens is 1. The van der Waals surface area contributed by atoms with Gasteiger partial charge >= 0.3 is 5.76 Å². The number of aromatic amines is 1. The van der Waals surface area contributed by atoms with Gasteiger partial charge in [-0.25, -0.2) is 9.78 Å². The minimum absolute atomic E-state index is 0.0975. The summed E-state index contributed by atoms with van der Waals surface area (Å²) in [7, 11) is 1.59. The first-order valence-electron chi connectivity index (χ1n) is 10.9. The van der Waals surface area contributed by atoms with Crippen LogP contribution in [0, 0.1) is 19.8 Å². The van der Waals surface area contributed by atoms with Crippen molar-refractivity contribution in [2.75, 3.05) is 5.32 Å². The number of anilines is 1. The van der Waals surface area contributed by atoms with Crippen LogP contribution in [0.25, 0.3) is 33.8 Å². The summed E-state index contributed by atoms with van der Waals surface area (Å²) in [4.78, 5) is 31.5. The van der Waals surface area contributed by atoms with Gasteiger partial charge in [0.1, 0.15) is 22.2 Å². The molecule has 5 rings (SSSR count). The molecule has 5 aromatic rings. The van der Waals surface area contributed by atoms with Gasteiger partial charge in [0.15, 0.2) is 5.43 Å². The number of halogens is 2. The maximum Gasteiger partial charge on any atom is 0.439 e. The zero-order chi connectivity index (χ0) is 25.7. The van der Waals surface area contributed by atoms with Crippen LogP contribution in [0.2, 0.25) is 5.15 Å². The standard InChI is InChI=1S/C24H20ClFN6O4/c1-10-7-13(12(3)27-16-5-6-17(25)28-18(16)23-29-24(34)36-31-23)21-14(8-10)19(33)11(2)20(35-21)15-9-32(4)30-22(15)26/h5-9,12,27H,1-4H3,(H,29,31,34)/t12-/m1/s1. The topological polar surface area (TPSA) is 132 Å². The number of pyridine rings is 1. The maximum absolute atomic E-state index is 14.5. The molecule has 0 spiro atoms. The second-order valence-electron chi connectivity index (χ2n) is 8.46. The highest BCUT2D eigenvalue weighted by Gasteiger charge is 2.23. The predicted molar refractivity (Wildman–Crippen MR) is 132 cm³/mol. The zero-order valence-electron chi connectivity index (χ0n) is 19.6. The minimum Gasteiger partial charge on any atom is -0.455 e. The van der Waals surface area contributed by atoms with E-state index in [4.69, 9.17) is 16.0 Å². The molecule has 2 N–H and O–H groups in total. The summed E-state index contributed by atoms with van der Waals surface area (Å²) in [6.07, 6.45) is 1.46. The van der Waals surface area contributed by atoms with Crippen molar-refractivity contribution in [3.8, 4) is 22.8 Å². The predicted octanol–water partition coefficient (Wildman–Crippen LogP) is 4.51. The molecule has 0 aliphatic carbocycles. The lowest BCUT2D eigenvalue weighted by Crippen LogP contribution is -2.13. The van der Waals surface area contributed by atoms with Gasteiger partial charge in [-0.3, -0.25) is 19.0 Å². The number of aromatic nitrogens is 5. The molecule has 0 amide bonds. The second-order valence-corrected chi connectivity index (χ2v) is 8.85. The summed E-state index contributed by atoms with van der Waals surface area (Å²) in [5, 5.41) is 11.3. The summed E-state index contributed by atoms with van der Waals surface area (Å²) >= 11 is 6.07. The fourth-order valence-electron chi connectivity index (χ4n) is 4.13. The summed E-state index contributed by atoms with van der Waals surface area (Å²) in [5.74, 6) is -1.25. The molecule has 12 heteroatoms. The summed E-state index contributed by atoms with van der Waals surface area (Å²) in [6.45, 7) is 5.33. The molecule has 0 fully saturated rings. The van der Waals surface area contributed by atoms with Crippen molar-refractivity contribution in [3.05, 3.63) is 79.0 Å². The summed E-state index contributed by atoms with van der Waals surface area (Å²) < 4.78 is 26.6. The lowest BCUT2D eigenvalue weighted by molar-refractivity contribution is 0.388. The lowest BCUT2D eigenvalue weighted by Gasteiger charge is -2.19. The van der Waals surface area contributed by atoms with Gasteiger partial charge in [0, 0.05) is 24.4 Å². The molecular formula is C24H20ClFN6O4. The molecule has 0 saturated carbocycles. The molecule has 36 heavy (non-hydrogen) atoms. The van der Waals surface area contributed by atoms with E-state index in [1.165, 1.54) is 10.9 Å². The molecule has 184 valence electrons. The fraction of sp³-hybridized carbons (Fsp3) is 0.208. The van der Waals surface area contributed by atoms with Crippen molar-refractivity contribution in [3.63, 3.8) is 0 Å². The number of hydrogen-bond acceptors (Lipinski definition) is 8. The molecule has 4 aromatic heterocycles. The highest BCUT2D eigenvalue weighted by atomic mass is 35.5. The molecule has 0 radical (unpaired) electrons. The number of benzene rings is 1. The van der Waals surface area contributed by atoms with Crippen molar-refractivity contribution in [2.45, 2.75) is 26.8 Å². The van der Waals surface area contributed by atoms with Crippen molar-refractivity contribution < 1.29 is 13.3 Å². The first kappa shape index (κ1) is 23.5. The molecular weight excluding hydrogens is 491 g/mol. The number of hydrogen-bond donors (Lipinski definition) is 2. The van der Waals surface area contributed by atoms with Crippen molar-refractivity contribution in [1.29, 1.82) is 0 Å². The van der Waals surface area contributed by atoms with Crippen LogP contribution in [-0.2, 0) is 7.05 Å². The second kappa shape index (κ2) is 8.76. The molecule has 0 bridgehead atoms. The van der Waals surface area contributed by atoms with Gasteiger partial charge in [-0.1, -0.05) is 22.8 Å². The quantitative estimate of drug-likeness (QED) is 0.330. The number of fused-ring (bicyclic) bond motifs is 1. The third kappa shape index (κ3) is 4.07. The Morgan fingerprint density at radius 1 is 1.22 bits per heavy atom. The Kier molecular flexibility index (Phi) is 5.71. The first-order chi connectivity index (χ1) is 17.1. The molecule has 0 aliphatic rings. The van der Waals surface area contributed by atoms with E-state index in [0.717, 1.165) is 5.56 Å². The van der Waals surface area contributed by atoms with Gasteiger partial charge in [0.25, 0.3) is 0 Å². The summed E-state index contributed by atoms with van der Waals surface area (Å²) in [5.41, 5.74) is 2.70. The third-order valence-corrected chi connectivity index (χ3v) is 6.00. The largest absolute Gasteiger partial charge is 0.455 e. The molecule has 4 heterocycles. The normalized spacial score (nSPS) is 12.3. The van der Waals surface area contributed by atoms with Crippen LogP contribution >= 0.6 is 11.6 Å². The molecule has 0 saturated heterocycles. The van der Waals surface area contributed by atoms with E-state index in [1.807, 2.05) is 19.9 Å². The Balaban J connectivity index is 1.66. The number of nitrogens with one attached hydrogen (secondary N) is 2. The Morgan fingerprint density at radius 3 is 2.67 bits per heavy atom. The van der Waals surface area contributed by atoms with E-state index in [9.17, 15) is 14.0 Å². The van der Waals surface area contributed by atoms with Crippen molar-refractivity contribution in [2.24, 2.45) is 7.05 Å². The highest BCUT2D eigenvalue weighted by molar-refractivity contribution is 6.29. The van der Waals surface area contributed by atoms with Gasteiger partial charge in [0.05, 0.1) is 22.7 Å². The maximum atomic E-state index is 14.5. The minimum atomic E-state index is -0.735. The number of rotatable bonds is 5. The molecule has 0 aliphatic heterocycles. The Labute approximate surface area is 207 Å². The Hall–Kier alpha value is -4.25. The Morgan fingerprint density at radius 2 is 2.00 bits per heavy atom. The molecule has 10 nitrogen and oxygen atoms in total. The van der Waals surface area contributed by atoms with Crippen LogP contribution in [0.5, 0.6) is 0 Å². The van der Waals surface area contributed by atoms with Crippen molar-refractivity contribution in [1.82, 2.24) is 24.9 Å². The van der Waals surface area contributed by atoms with Gasteiger partial charge in [-0.15, -0.1) is 5.10 Å². The zero-order valence-corrected chi connectivity index (χ0v) is 20.4. The average molecular weight is 511 g/mol. The van der Waals surface area contributed by atoms with E-state index in [-0.39, 0.29) is 39.0 Å². The number of nitrogens with zero attached hydrogens (tertiary/aromatic N) is 4. The number of aryl methyl sites for hydroxylation is 2. The van der Waals surface area contributed by atoms with Crippen LogP contribution in [0.4, 0.5) is 10.1 Å². The van der Waals surface area contributed by atoms with Crippen molar-refractivity contribution >= 4 is 28.3 Å². The van der Waals surface area contributed by atoms with Crippen LogP contribution in [-0.4, -0.2) is 24.9 Å². The van der Waals surface area contributed by atoms with Gasteiger partial charge in [-0.2, -0.15) is 4.39 Å². The van der Waals surface area contributed by atoms with E-state index in [2.05, 4.69) is 30.1 Å². The Bertz CT molecular complexity index is 1750. The lowest BCUT2D eigenvalue weighted by atomic mass is 9.99. The van der Waals surface area contributed by atoms with E-state index < -0.39 is 17.7 Å². The molecule has 0 unspecified atom stereocenters. The van der Waals surface area contributed by atoms with Gasteiger partial charge < -0.3 is 9.73 Å². The van der Waals surface area contributed by atoms with Gasteiger partial charge in [-0.05, 0) is 44.5 Å². The SMILES string of the molecule is Cc1cc([C@@H](C)Nc2ccc(Cl)nc2-c2noc(=O)[nH]2)c2oc(-c3cn(C)nc3F)c(C)c(=O)c2c1. The monoisotopic (exact) mass is 510 g/mol. The van der Waals surface area contributed by atoms with E-state index in [0.29, 0.717) is 22.2 Å². The third-order valence-electron chi connectivity index (χ3n) is 5.78. The smallest absolute Gasteiger partial charge is 0.439 e. The summed E-state index contributed by atoms with van der Waals surface area (Å²) in [6, 6.07) is 6.46. The van der Waals surface area contributed by atoms with Crippen LogP contribution in [0.15, 0.2) is 49.0 Å². The van der Waals surface area contributed by atoms with Crippen LogP contribution in [0.3, 0.4) is 0 Å². The van der Waals surface area contributed by atoms with Crippen LogP contribution < -0.4 is 16.5 Å².